The van der Waals surface area contributed by atoms with Crippen LogP contribution < -0.4 is 15.5 Å². The molecule has 0 radical (unpaired) electrons. The number of thioether (sulfide) groups is 1. The van der Waals surface area contributed by atoms with Gasteiger partial charge in [-0.1, -0.05) is 0 Å². The number of nitrogens with zero attached hydrogens (tertiary/aromatic N) is 3. The van der Waals surface area contributed by atoms with Gasteiger partial charge in [-0.3, -0.25) is 4.79 Å². The Morgan fingerprint density at radius 2 is 2.33 bits per heavy atom. The number of aromatic amines is 1. The van der Waals surface area contributed by atoms with E-state index in [4.69, 9.17) is 0 Å². The van der Waals surface area contributed by atoms with Crippen molar-refractivity contribution in [1.82, 2.24) is 25.6 Å². The van der Waals surface area contributed by atoms with Crippen LogP contribution in [0.4, 0.5) is 5.82 Å². The second kappa shape index (κ2) is 7.49. The number of aryl methyl sites for hydroxylation is 1. The number of fused-ring (bicyclic) bond motifs is 1. The molecular formula is C18H24N6O2S. The van der Waals surface area contributed by atoms with Crippen LogP contribution in [0.2, 0.25) is 0 Å². The Labute approximate surface area is 161 Å². The van der Waals surface area contributed by atoms with Gasteiger partial charge in [0.15, 0.2) is 0 Å². The average molecular weight is 388 g/mol. The van der Waals surface area contributed by atoms with Gasteiger partial charge in [0, 0.05) is 43.3 Å². The third-order valence-electron chi connectivity index (χ3n) is 5.11. The first kappa shape index (κ1) is 18.3. The monoisotopic (exact) mass is 388 g/mol. The highest BCUT2D eigenvalue weighted by atomic mass is 32.2. The molecule has 4 heterocycles. The number of aliphatic hydroxyl groups is 1. The van der Waals surface area contributed by atoms with Crippen molar-refractivity contribution < 1.29 is 9.90 Å². The van der Waals surface area contributed by atoms with Crippen molar-refractivity contribution in [2.75, 3.05) is 23.7 Å². The lowest BCUT2D eigenvalue weighted by atomic mass is 10.1. The van der Waals surface area contributed by atoms with E-state index in [1.54, 1.807) is 18.1 Å². The molecule has 8 nitrogen and oxygen atoms in total. The fraction of sp³-hybridized carbons (Fsp3) is 0.500. The van der Waals surface area contributed by atoms with Crippen molar-refractivity contribution in [2.45, 2.75) is 38.5 Å². The molecule has 2 aliphatic rings. The average Bonchev–Trinajstić information content (AvgIpc) is 3.28. The van der Waals surface area contributed by atoms with Gasteiger partial charge < -0.3 is 25.6 Å². The summed E-state index contributed by atoms with van der Waals surface area (Å²) in [5.74, 6) is 1.54. The molecule has 0 saturated carbocycles. The predicted octanol–water partition coefficient (Wildman–Crippen LogP) is 0.888. The number of anilines is 1. The van der Waals surface area contributed by atoms with Gasteiger partial charge in [-0.25, -0.2) is 9.97 Å². The fourth-order valence-corrected chi connectivity index (χ4v) is 4.51. The van der Waals surface area contributed by atoms with Gasteiger partial charge in [0.2, 0.25) is 0 Å². The summed E-state index contributed by atoms with van der Waals surface area (Å²) in [6.45, 7) is 5.35. The lowest BCUT2D eigenvalue weighted by molar-refractivity contribution is -0.117. The Kier molecular flexibility index (Phi) is 5.07. The van der Waals surface area contributed by atoms with E-state index >= 15 is 0 Å². The number of rotatable bonds is 4. The zero-order valence-corrected chi connectivity index (χ0v) is 16.2. The number of amides is 1. The van der Waals surface area contributed by atoms with Crippen molar-refractivity contribution >= 4 is 34.5 Å². The minimum Gasteiger partial charge on any atom is -0.392 e. The maximum atomic E-state index is 12.7. The summed E-state index contributed by atoms with van der Waals surface area (Å²) in [5, 5.41) is 17.0. The molecule has 0 aromatic carbocycles. The molecule has 4 N–H and O–H groups in total. The molecule has 0 aliphatic carbocycles. The van der Waals surface area contributed by atoms with Crippen molar-refractivity contribution in [3.63, 3.8) is 0 Å². The lowest BCUT2D eigenvalue weighted by Crippen LogP contribution is -2.46. The quantitative estimate of drug-likeness (QED) is 0.616. The maximum Gasteiger partial charge on any atom is 0.259 e. The van der Waals surface area contributed by atoms with E-state index in [1.165, 1.54) is 0 Å². The van der Waals surface area contributed by atoms with Crippen molar-refractivity contribution in [1.29, 1.82) is 0 Å². The fourth-order valence-electron chi connectivity index (χ4n) is 3.61. The van der Waals surface area contributed by atoms with Crippen LogP contribution >= 0.6 is 11.8 Å². The molecule has 3 atom stereocenters. The Morgan fingerprint density at radius 1 is 1.48 bits per heavy atom. The molecule has 2 aliphatic heterocycles. The number of H-pyrrole nitrogens is 1. The second-order valence-corrected chi connectivity index (χ2v) is 8.23. The van der Waals surface area contributed by atoms with E-state index in [0.29, 0.717) is 17.9 Å². The van der Waals surface area contributed by atoms with Gasteiger partial charge in [-0.05, 0) is 25.8 Å². The Balaban J connectivity index is 1.52. The predicted molar refractivity (Wildman–Crippen MR) is 107 cm³/mol. The van der Waals surface area contributed by atoms with E-state index in [9.17, 15) is 9.90 Å². The number of hydrogen-bond donors (Lipinski definition) is 4. The third-order valence-corrected chi connectivity index (χ3v) is 6.10. The van der Waals surface area contributed by atoms with Crippen LogP contribution in [0.5, 0.6) is 0 Å². The number of nitrogens with one attached hydrogen (secondary N) is 3. The first-order valence-corrected chi connectivity index (χ1v) is 10.1. The summed E-state index contributed by atoms with van der Waals surface area (Å²) in [5.41, 5.74) is 1.88. The largest absolute Gasteiger partial charge is 0.392 e. The molecule has 27 heavy (non-hydrogen) atoms. The molecule has 1 amide bonds. The molecule has 1 fully saturated rings. The summed E-state index contributed by atoms with van der Waals surface area (Å²) in [7, 11) is 0. The van der Waals surface area contributed by atoms with Crippen molar-refractivity contribution in [2.24, 2.45) is 0 Å². The molecule has 2 aromatic heterocycles. The van der Waals surface area contributed by atoms with E-state index < -0.39 is 0 Å². The van der Waals surface area contributed by atoms with E-state index in [1.807, 2.05) is 31.1 Å². The van der Waals surface area contributed by atoms with E-state index in [-0.39, 0.29) is 24.1 Å². The maximum absolute atomic E-state index is 12.7. The normalized spacial score (nSPS) is 24.1. The van der Waals surface area contributed by atoms with E-state index in [2.05, 4.69) is 25.6 Å². The van der Waals surface area contributed by atoms with Crippen LogP contribution in [-0.4, -0.2) is 63.0 Å². The van der Waals surface area contributed by atoms with Crippen LogP contribution in [0, 0.1) is 6.92 Å². The number of β-amino-alcohol motifs (C(OH)–C–C–N with tert-alkyl or cyclic N) is 1. The van der Waals surface area contributed by atoms with Gasteiger partial charge in [-0.2, -0.15) is 0 Å². The highest BCUT2D eigenvalue weighted by Gasteiger charge is 2.29. The summed E-state index contributed by atoms with van der Waals surface area (Å²) in [6, 6.07) is 0.0439. The zero-order chi connectivity index (χ0) is 19.0. The van der Waals surface area contributed by atoms with Crippen LogP contribution in [0.15, 0.2) is 23.6 Å². The van der Waals surface area contributed by atoms with Gasteiger partial charge >= 0.3 is 0 Å². The standard InChI is InChI=1S/C18H24N6O2S/c1-10-6-20-16-15(10)17(22-9-21-16)24-3-4-27-14(8-24)18(26)23-11(2)13-5-12(25)7-19-13/h6,8-9,11-13,19,25H,3-5,7H2,1-2H3,(H,23,26)(H,20,21,22)/t11?,12-,13-/m1/s1. The summed E-state index contributed by atoms with van der Waals surface area (Å²) >= 11 is 1.55. The Hall–Kier alpha value is -2.10. The lowest BCUT2D eigenvalue weighted by Gasteiger charge is -2.27. The van der Waals surface area contributed by atoms with Gasteiger partial charge in [-0.15, -0.1) is 11.8 Å². The summed E-state index contributed by atoms with van der Waals surface area (Å²) < 4.78 is 0. The van der Waals surface area contributed by atoms with Gasteiger partial charge in [0.05, 0.1) is 16.4 Å². The van der Waals surface area contributed by atoms with Crippen molar-refractivity contribution in [3.05, 3.63) is 29.2 Å². The Morgan fingerprint density at radius 3 is 3.11 bits per heavy atom. The summed E-state index contributed by atoms with van der Waals surface area (Å²) in [4.78, 5) is 27.3. The number of aromatic nitrogens is 3. The SMILES string of the molecule is Cc1c[nH]c2ncnc(N3C=C(C(=O)NC(C)[C@H]4C[C@@H](O)CN4)SCC3)c12. The number of carbonyl (C=O) groups excluding carboxylic acids is 1. The van der Waals surface area contributed by atoms with Gasteiger partial charge in [0.25, 0.3) is 5.91 Å². The number of carbonyl (C=O) groups is 1. The number of aliphatic hydroxyl groups excluding tert-OH is 1. The Bertz CT molecular complexity index is 882. The topological polar surface area (TPSA) is 106 Å². The summed E-state index contributed by atoms with van der Waals surface area (Å²) in [6.07, 6.45) is 5.66. The zero-order valence-electron chi connectivity index (χ0n) is 15.4. The minimum atomic E-state index is -0.335. The highest BCUT2D eigenvalue weighted by Crippen LogP contribution is 2.30. The molecule has 1 saturated heterocycles. The molecule has 0 bridgehead atoms. The van der Waals surface area contributed by atoms with Crippen molar-refractivity contribution in [3.8, 4) is 0 Å². The first-order chi connectivity index (χ1) is 13.0. The molecule has 2 aromatic rings. The van der Waals surface area contributed by atoms with Crippen LogP contribution in [-0.2, 0) is 4.79 Å². The molecular weight excluding hydrogens is 364 g/mol. The smallest absolute Gasteiger partial charge is 0.259 e. The molecule has 4 rings (SSSR count). The molecule has 1 unspecified atom stereocenters. The highest BCUT2D eigenvalue weighted by molar-refractivity contribution is 8.04. The van der Waals surface area contributed by atoms with Crippen LogP contribution in [0.3, 0.4) is 0 Å². The van der Waals surface area contributed by atoms with Crippen LogP contribution in [0.1, 0.15) is 18.9 Å². The minimum absolute atomic E-state index is 0.0517. The number of hydrogen-bond acceptors (Lipinski definition) is 7. The third kappa shape index (κ3) is 3.67. The van der Waals surface area contributed by atoms with Gasteiger partial charge in [0.1, 0.15) is 17.8 Å². The van der Waals surface area contributed by atoms with Crippen LogP contribution in [0.25, 0.3) is 11.0 Å². The first-order valence-electron chi connectivity index (χ1n) is 9.15. The molecule has 9 heteroatoms. The van der Waals surface area contributed by atoms with E-state index in [0.717, 1.165) is 34.7 Å². The molecule has 144 valence electrons. The second-order valence-electron chi connectivity index (χ2n) is 7.09. The molecule has 0 spiro atoms.